The van der Waals surface area contributed by atoms with E-state index >= 15 is 0 Å². The summed E-state index contributed by atoms with van der Waals surface area (Å²) in [6, 6.07) is 15.4. The van der Waals surface area contributed by atoms with Gasteiger partial charge < -0.3 is 14.1 Å². The van der Waals surface area contributed by atoms with Gasteiger partial charge in [0.1, 0.15) is 18.1 Å². The summed E-state index contributed by atoms with van der Waals surface area (Å²) >= 11 is 3.25. The van der Waals surface area contributed by atoms with Gasteiger partial charge in [-0.3, -0.25) is 4.79 Å². The lowest BCUT2D eigenvalue weighted by Gasteiger charge is -2.19. The van der Waals surface area contributed by atoms with Crippen LogP contribution in [0, 0.1) is 6.92 Å². The molecule has 0 spiro atoms. The van der Waals surface area contributed by atoms with Gasteiger partial charge in [-0.2, -0.15) is 0 Å². The van der Waals surface area contributed by atoms with Crippen molar-refractivity contribution < 1.29 is 13.9 Å². The van der Waals surface area contributed by atoms with Gasteiger partial charge in [-0.05, 0) is 54.3 Å². The van der Waals surface area contributed by atoms with Crippen molar-refractivity contribution in [1.82, 2.24) is 9.88 Å². The topological polar surface area (TPSA) is 55.6 Å². The van der Waals surface area contributed by atoms with E-state index in [-0.39, 0.29) is 5.91 Å². The molecule has 7 heteroatoms. The predicted octanol–water partition coefficient (Wildman–Crippen LogP) is 5.93. The number of thiazole rings is 1. The van der Waals surface area contributed by atoms with Crippen LogP contribution in [0.25, 0.3) is 6.08 Å². The van der Waals surface area contributed by atoms with Crippen molar-refractivity contribution in [3.8, 4) is 5.75 Å². The zero-order valence-electron chi connectivity index (χ0n) is 17.1. The third-order valence-corrected chi connectivity index (χ3v) is 6.20. The molecule has 0 N–H and O–H groups in total. The molecule has 158 valence electrons. The summed E-state index contributed by atoms with van der Waals surface area (Å²) in [6.07, 6.45) is 5.04. The molecule has 1 aromatic carbocycles. The van der Waals surface area contributed by atoms with Crippen molar-refractivity contribution in [2.45, 2.75) is 26.6 Å². The van der Waals surface area contributed by atoms with Gasteiger partial charge in [0.15, 0.2) is 0 Å². The van der Waals surface area contributed by atoms with Crippen molar-refractivity contribution in [2.24, 2.45) is 0 Å². The fourth-order valence-corrected chi connectivity index (χ4v) is 4.29. The van der Waals surface area contributed by atoms with Crippen LogP contribution in [0.5, 0.6) is 5.75 Å². The number of furan rings is 1. The highest BCUT2D eigenvalue weighted by Crippen LogP contribution is 2.18. The van der Waals surface area contributed by atoms with Crippen LogP contribution in [0.3, 0.4) is 0 Å². The molecule has 1 amide bonds. The number of carbonyl (C=O) groups excluding carboxylic acids is 1. The second kappa shape index (κ2) is 10.2. The van der Waals surface area contributed by atoms with Crippen LogP contribution in [0.1, 0.15) is 26.9 Å². The molecule has 0 radical (unpaired) electrons. The lowest BCUT2D eigenvalue weighted by Crippen LogP contribution is -2.27. The summed E-state index contributed by atoms with van der Waals surface area (Å²) in [5.74, 6) is 1.46. The molecule has 5 nitrogen and oxygen atoms in total. The molecule has 4 aromatic rings. The Hall–Kier alpha value is -3.16. The fourth-order valence-electron chi connectivity index (χ4n) is 2.97. The molecule has 0 fully saturated rings. The molecular weight excluding hydrogens is 428 g/mol. The summed E-state index contributed by atoms with van der Waals surface area (Å²) in [6.45, 7) is 3.40. The molecular formula is C24H22N2O3S2. The van der Waals surface area contributed by atoms with Crippen LogP contribution < -0.4 is 4.74 Å². The van der Waals surface area contributed by atoms with E-state index in [1.54, 1.807) is 39.9 Å². The first-order valence-corrected chi connectivity index (χ1v) is 11.6. The highest BCUT2D eigenvalue weighted by atomic mass is 32.1. The van der Waals surface area contributed by atoms with Crippen LogP contribution in [0.4, 0.5) is 0 Å². The lowest BCUT2D eigenvalue weighted by atomic mass is 10.2. The van der Waals surface area contributed by atoms with Gasteiger partial charge in [-0.1, -0.05) is 18.2 Å². The van der Waals surface area contributed by atoms with Gasteiger partial charge in [0.05, 0.1) is 30.1 Å². The first-order chi connectivity index (χ1) is 15.2. The Bertz CT molecular complexity index is 1080. The van der Waals surface area contributed by atoms with Gasteiger partial charge in [0, 0.05) is 16.3 Å². The smallest absolute Gasteiger partial charge is 0.247 e. The van der Waals surface area contributed by atoms with Gasteiger partial charge in [-0.15, -0.1) is 22.7 Å². The number of thiophene rings is 1. The minimum atomic E-state index is -0.0657. The molecule has 0 unspecified atom stereocenters. The number of rotatable bonds is 9. The Morgan fingerprint density at radius 1 is 1.13 bits per heavy atom. The van der Waals surface area contributed by atoms with Crippen molar-refractivity contribution in [2.75, 3.05) is 0 Å². The summed E-state index contributed by atoms with van der Waals surface area (Å²) < 4.78 is 11.2. The minimum absolute atomic E-state index is 0.0657. The Morgan fingerprint density at radius 2 is 2.00 bits per heavy atom. The van der Waals surface area contributed by atoms with E-state index in [1.165, 1.54) is 0 Å². The first kappa shape index (κ1) is 21.1. The van der Waals surface area contributed by atoms with Crippen LogP contribution in [-0.2, 0) is 24.5 Å². The molecule has 0 bridgehead atoms. The zero-order valence-corrected chi connectivity index (χ0v) is 18.7. The number of benzene rings is 1. The maximum Gasteiger partial charge on any atom is 0.247 e. The number of hydrogen-bond acceptors (Lipinski definition) is 6. The van der Waals surface area contributed by atoms with Crippen molar-refractivity contribution in [3.63, 3.8) is 0 Å². The minimum Gasteiger partial charge on any atom is -0.487 e. The van der Waals surface area contributed by atoms with E-state index < -0.39 is 0 Å². The SMILES string of the molecule is Cc1nc(COc2ccc(/C=C/C(=O)N(Cc3ccco3)Cc3cccs3)cc2)cs1. The largest absolute Gasteiger partial charge is 0.487 e. The number of nitrogens with zero attached hydrogens (tertiary/aromatic N) is 2. The quantitative estimate of drug-likeness (QED) is 0.297. The molecule has 0 saturated carbocycles. The van der Waals surface area contributed by atoms with E-state index in [0.29, 0.717) is 19.7 Å². The van der Waals surface area contributed by atoms with Crippen LogP contribution >= 0.6 is 22.7 Å². The first-order valence-electron chi connectivity index (χ1n) is 9.81. The number of ether oxygens (including phenoxy) is 1. The molecule has 0 aliphatic rings. The monoisotopic (exact) mass is 450 g/mol. The predicted molar refractivity (Wildman–Crippen MR) is 124 cm³/mol. The van der Waals surface area contributed by atoms with Gasteiger partial charge >= 0.3 is 0 Å². The van der Waals surface area contributed by atoms with Crippen LogP contribution in [0.2, 0.25) is 0 Å². The third kappa shape index (κ3) is 6.16. The number of hydrogen-bond donors (Lipinski definition) is 0. The molecule has 0 aliphatic heterocycles. The molecule has 0 atom stereocenters. The standard InChI is InChI=1S/C24H22N2O3S2/c1-18-25-20(17-31-18)16-29-21-9-6-19(7-10-21)8-11-24(27)26(14-22-4-2-12-28-22)15-23-5-3-13-30-23/h2-13,17H,14-16H2,1H3/b11-8+. The van der Waals surface area contributed by atoms with Crippen molar-refractivity contribution in [3.05, 3.63) is 98.5 Å². The second-order valence-electron chi connectivity index (χ2n) is 6.90. The lowest BCUT2D eigenvalue weighted by molar-refractivity contribution is -0.127. The molecule has 0 saturated heterocycles. The molecule has 3 heterocycles. The van der Waals surface area contributed by atoms with Gasteiger partial charge in [0.2, 0.25) is 5.91 Å². The van der Waals surface area contributed by atoms with E-state index in [4.69, 9.17) is 9.15 Å². The number of aryl methyl sites for hydroxylation is 1. The number of carbonyl (C=O) groups is 1. The Balaban J connectivity index is 1.37. The maximum atomic E-state index is 12.9. The van der Waals surface area contributed by atoms with E-state index in [2.05, 4.69) is 4.98 Å². The summed E-state index contributed by atoms with van der Waals surface area (Å²) in [5, 5.41) is 5.05. The van der Waals surface area contributed by atoms with Gasteiger partial charge in [-0.25, -0.2) is 4.98 Å². The van der Waals surface area contributed by atoms with Crippen molar-refractivity contribution >= 4 is 34.7 Å². The maximum absolute atomic E-state index is 12.9. The highest BCUT2D eigenvalue weighted by Gasteiger charge is 2.14. The van der Waals surface area contributed by atoms with Crippen LogP contribution in [0.15, 0.2) is 76.0 Å². The Kier molecular flexibility index (Phi) is 6.96. The summed E-state index contributed by atoms with van der Waals surface area (Å²) in [4.78, 5) is 20.2. The highest BCUT2D eigenvalue weighted by molar-refractivity contribution is 7.10. The molecule has 3 aromatic heterocycles. The second-order valence-corrected chi connectivity index (χ2v) is 9.00. The zero-order chi connectivity index (χ0) is 21.5. The van der Waals surface area contributed by atoms with E-state index in [1.807, 2.05) is 72.3 Å². The molecule has 31 heavy (non-hydrogen) atoms. The fraction of sp³-hybridized carbons (Fsp3) is 0.167. The third-order valence-electron chi connectivity index (χ3n) is 4.52. The van der Waals surface area contributed by atoms with Crippen molar-refractivity contribution in [1.29, 1.82) is 0 Å². The summed E-state index contributed by atoms with van der Waals surface area (Å²) in [5.41, 5.74) is 1.86. The normalized spacial score (nSPS) is 11.1. The number of amides is 1. The van der Waals surface area contributed by atoms with Crippen LogP contribution in [-0.4, -0.2) is 15.8 Å². The average molecular weight is 451 g/mol. The summed E-state index contributed by atoms with van der Waals surface area (Å²) in [7, 11) is 0. The number of aromatic nitrogens is 1. The average Bonchev–Trinajstić information content (AvgIpc) is 3.55. The van der Waals surface area contributed by atoms with E-state index in [9.17, 15) is 4.79 Å². The molecule has 0 aliphatic carbocycles. The Morgan fingerprint density at radius 3 is 2.68 bits per heavy atom. The molecule has 4 rings (SSSR count). The van der Waals surface area contributed by atoms with Gasteiger partial charge in [0.25, 0.3) is 0 Å². The Labute approximate surface area is 189 Å². The van der Waals surface area contributed by atoms with E-state index in [0.717, 1.165) is 32.7 Å².